The van der Waals surface area contributed by atoms with E-state index in [1.54, 1.807) is 19.1 Å². The van der Waals surface area contributed by atoms with Crippen LogP contribution in [0.15, 0.2) is 42.6 Å². The molecule has 4 nitrogen and oxygen atoms in total. The van der Waals surface area contributed by atoms with Gasteiger partial charge in [-0.05, 0) is 42.7 Å². The number of alkyl halides is 3. The summed E-state index contributed by atoms with van der Waals surface area (Å²) in [6.07, 6.45) is -2.27. The van der Waals surface area contributed by atoms with Crippen molar-refractivity contribution in [3.63, 3.8) is 0 Å². The van der Waals surface area contributed by atoms with Crippen LogP contribution in [-0.4, -0.2) is 15.3 Å². The number of hydrogen-bond donors (Lipinski definition) is 1. The number of aromatic nitrogens is 2. The minimum atomic E-state index is -4.49. The third-order valence-corrected chi connectivity index (χ3v) is 4.19. The van der Waals surface area contributed by atoms with Gasteiger partial charge in [-0.2, -0.15) is 13.2 Å². The first kappa shape index (κ1) is 18.0. The van der Waals surface area contributed by atoms with E-state index in [0.29, 0.717) is 23.4 Å². The Morgan fingerprint density at radius 2 is 1.77 bits per heavy atom. The number of nitrogens with zero attached hydrogens (tertiary/aromatic N) is 2. The van der Waals surface area contributed by atoms with Gasteiger partial charge in [0, 0.05) is 11.9 Å². The Hall–Kier alpha value is -2.83. The molecule has 0 aliphatic rings. The van der Waals surface area contributed by atoms with Crippen LogP contribution in [0.4, 0.5) is 18.9 Å². The van der Waals surface area contributed by atoms with Crippen molar-refractivity contribution in [2.45, 2.75) is 32.9 Å². The lowest BCUT2D eigenvalue weighted by Gasteiger charge is -2.10. The first-order chi connectivity index (χ1) is 12.3. The highest BCUT2D eigenvalue weighted by molar-refractivity contribution is 6.04. The molecule has 1 amide bonds. The lowest BCUT2D eigenvalue weighted by Crippen LogP contribution is -2.17. The predicted octanol–water partition coefficient (Wildman–Crippen LogP) is 4.73. The van der Waals surface area contributed by atoms with Gasteiger partial charge in [0.15, 0.2) is 0 Å². The number of amides is 1. The molecule has 0 bridgehead atoms. The van der Waals surface area contributed by atoms with Crippen LogP contribution in [0.3, 0.4) is 0 Å². The zero-order valence-electron chi connectivity index (χ0n) is 14.4. The molecule has 0 spiro atoms. The second-order valence-electron chi connectivity index (χ2n) is 5.91. The molecule has 0 radical (unpaired) electrons. The van der Waals surface area contributed by atoms with Crippen molar-refractivity contribution in [3.05, 3.63) is 65.1 Å². The summed E-state index contributed by atoms with van der Waals surface area (Å²) in [6.45, 7) is 3.83. The maximum atomic E-state index is 13.0. The summed E-state index contributed by atoms with van der Waals surface area (Å²) in [4.78, 5) is 17.0. The number of imidazole rings is 1. The van der Waals surface area contributed by atoms with Crippen molar-refractivity contribution in [1.29, 1.82) is 0 Å². The van der Waals surface area contributed by atoms with Gasteiger partial charge in [-0.15, -0.1) is 0 Å². The Bertz CT molecular complexity index is 943. The number of carbonyl (C=O) groups is 1. The van der Waals surface area contributed by atoms with Crippen LogP contribution in [0.5, 0.6) is 0 Å². The minimum Gasteiger partial charge on any atom is -0.321 e. The van der Waals surface area contributed by atoms with Gasteiger partial charge < -0.3 is 5.32 Å². The maximum Gasteiger partial charge on any atom is 0.417 e. The summed E-state index contributed by atoms with van der Waals surface area (Å²) >= 11 is 0. The van der Waals surface area contributed by atoms with E-state index in [4.69, 9.17) is 0 Å². The first-order valence-corrected chi connectivity index (χ1v) is 8.32. The van der Waals surface area contributed by atoms with Gasteiger partial charge >= 0.3 is 6.18 Å². The van der Waals surface area contributed by atoms with Crippen LogP contribution in [-0.2, 0) is 19.0 Å². The Kier molecular flexibility index (Phi) is 4.71. The zero-order valence-corrected chi connectivity index (χ0v) is 14.4. The molecule has 2 heterocycles. The van der Waals surface area contributed by atoms with Crippen LogP contribution >= 0.6 is 0 Å². The van der Waals surface area contributed by atoms with E-state index in [1.165, 1.54) is 10.5 Å². The molecule has 2 aromatic heterocycles. The van der Waals surface area contributed by atoms with Crippen molar-refractivity contribution in [3.8, 4) is 0 Å². The number of rotatable bonds is 4. The number of pyridine rings is 1. The van der Waals surface area contributed by atoms with Gasteiger partial charge in [0.05, 0.1) is 11.3 Å². The highest BCUT2D eigenvalue weighted by Crippen LogP contribution is 2.30. The molecule has 136 valence electrons. The molecule has 3 aromatic rings. The number of fused-ring (bicyclic) bond motifs is 1. The summed E-state index contributed by atoms with van der Waals surface area (Å²) in [5.74, 6) is -0.488. The smallest absolute Gasteiger partial charge is 0.321 e. The second kappa shape index (κ2) is 6.82. The molecular formula is C19H18F3N3O. The molecule has 3 rings (SSSR count). The van der Waals surface area contributed by atoms with Gasteiger partial charge in [0.25, 0.3) is 5.91 Å². The van der Waals surface area contributed by atoms with Gasteiger partial charge in [0.1, 0.15) is 11.3 Å². The van der Waals surface area contributed by atoms with E-state index in [1.807, 2.05) is 19.1 Å². The standard InChI is InChI=1S/C19H18F3N3O/c1-3-12-5-8-14(9-6-12)23-18(26)17-15(4-2)24-16-10-7-13(11-25(16)17)19(20,21)22/h5-11H,3-4H2,1-2H3,(H,23,26). The zero-order chi connectivity index (χ0) is 18.9. The van der Waals surface area contributed by atoms with Crippen molar-refractivity contribution in [2.24, 2.45) is 0 Å². The van der Waals surface area contributed by atoms with Crippen LogP contribution in [0, 0.1) is 0 Å². The second-order valence-corrected chi connectivity index (χ2v) is 5.91. The number of carbonyl (C=O) groups excluding carboxylic acids is 1. The third kappa shape index (κ3) is 3.42. The number of halogens is 3. The van der Waals surface area contributed by atoms with Gasteiger partial charge in [-0.25, -0.2) is 4.98 Å². The first-order valence-electron chi connectivity index (χ1n) is 8.32. The fourth-order valence-corrected chi connectivity index (χ4v) is 2.76. The summed E-state index contributed by atoms with van der Waals surface area (Å²) in [6, 6.07) is 9.57. The quantitative estimate of drug-likeness (QED) is 0.730. The monoisotopic (exact) mass is 361 g/mol. The van der Waals surface area contributed by atoms with E-state index in [0.717, 1.165) is 24.2 Å². The minimum absolute atomic E-state index is 0.119. The lowest BCUT2D eigenvalue weighted by molar-refractivity contribution is -0.137. The SMILES string of the molecule is CCc1ccc(NC(=O)c2c(CC)nc3ccc(C(F)(F)F)cn23)cc1. The Labute approximate surface area is 148 Å². The van der Waals surface area contributed by atoms with Gasteiger partial charge in [-0.1, -0.05) is 26.0 Å². The summed E-state index contributed by atoms with van der Waals surface area (Å²) in [7, 11) is 0. The van der Waals surface area contributed by atoms with Crippen molar-refractivity contribution < 1.29 is 18.0 Å². The fraction of sp³-hybridized carbons (Fsp3) is 0.263. The summed E-state index contributed by atoms with van der Waals surface area (Å²) < 4.78 is 40.3. The number of benzene rings is 1. The Balaban J connectivity index is 2.02. The molecule has 0 saturated carbocycles. The Morgan fingerprint density at radius 3 is 2.35 bits per heavy atom. The van der Waals surface area contributed by atoms with Crippen molar-refractivity contribution in [2.75, 3.05) is 5.32 Å². The van der Waals surface area contributed by atoms with Gasteiger partial charge in [0.2, 0.25) is 0 Å². The fourth-order valence-electron chi connectivity index (χ4n) is 2.76. The van der Waals surface area contributed by atoms with Crippen LogP contribution in [0.25, 0.3) is 5.65 Å². The normalized spacial score (nSPS) is 11.7. The average molecular weight is 361 g/mol. The molecule has 1 N–H and O–H groups in total. The number of anilines is 1. The van der Waals surface area contributed by atoms with E-state index in [-0.39, 0.29) is 5.69 Å². The summed E-state index contributed by atoms with van der Waals surface area (Å²) in [5.41, 5.74) is 1.76. The maximum absolute atomic E-state index is 13.0. The number of hydrogen-bond acceptors (Lipinski definition) is 2. The number of nitrogens with one attached hydrogen (secondary N) is 1. The van der Waals surface area contributed by atoms with Crippen LogP contribution in [0.2, 0.25) is 0 Å². The molecule has 0 fully saturated rings. The van der Waals surface area contributed by atoms with Gasteiger partial charge in [-0.3, -0.25) is 9.20 Å². The average Bonchev–Trinajstić information content (AvgIpc) is 2.99. The van der Waals surface area contributed by atoms with E-state index in [9.17, 15) is 18.0 Å². The third-order valence-electron chi connectivity index (χ3n) is 4.19. The van der Waals surface area contributed by atoms with E-state index >= 15 is 0 Å². The summed E-state index contributed by atoms with van der Waals surface area (Å²) in [5, 5.41) is 2.74. The highest BCUT2D eigenvalue weighted by Gasteiger charge is 2.31. The lowest BCUT2D eigenvalue weighted by atomic mass is 10.1. The van der Waals surface area contributed by atoms with Crippen LogP contribution < -0.4 is 5.32 Å². The molecule has 0 aliphatic carbocycles. The molecule has 1 aromatic carbocycles. The Morgan fingerprint density at radius 1 is 1.08 bits per heavy atom. The molecule has 0 saturated heterocycles. The topological polar surface area (TPSA) is 46.4 Å². The highest BCUT2D eigenvalue weighted by atomic mass is 19.4. The largest absolute Gasteiger partial charge is 0.417 e. The van der Waals surface area contributed by atoms with Crippen LogP contribution in [0.1, 0.15) is 41.2 Å². The van der Waals surface area contributed by atoms with Crippen molar-refractivity contribution >= 4 is 17.2 Å². The van der Waals surface area contributed by atoms with E-state index in [2.05, 4.69) is 10.3 Å². The molecule has 0 unspecified atom stereocenters. The molecule has 0 aliphatic heterocycles. The van der Waals surface area contributed by atoms with Crippen molar-refractivity contribution in [1.82, 2.24) is 9.38 Å². The predicted molar refractivity (Wildman–Crippen MR) is 93.3 cm³/mol. The molecule has 7 heteroatoms. The molecule has 26 heavy (non-hydrogen) atoms. The molecular weight excluding hydrogens is 343 g/mol. The molecule has 0 atom stereocenters. The van der Waals surface area contributed by atoms with E-state index < -0.39 is 17.6 Å². The number of aryl methyl sites for hydroxylation is 2.